The lowest BCUT2D eigenvalue weighted by atomic mass is 9.90. The fraction of sp³-hybridized carbons (Fsp3) is 0.474. The zero-order valence-electron chi connectivity index (χ0n) is 28.3. The number of fused-ring (bicyclic) bond motifs is 2. The molecule has 51 heavy (non-hydrogen) atoms. The Hall–Kier alpha value is 0.480. The Morgan fingerprint density at radius 2 is 1.20 bits per heavy atom. The molecule has 1 aliphatic heterocycles. The van der Waals surface area contributed by atoms with Crippen molar-refractivity contribution in [3.05, 3.63) is 62.3 Å². The van der Waals surface area contributed by atoms with Crippen molar-refractivity contribution in [2.45, 2.75) is 110 Å². The van der Waals surface area contributed by atoms with Gasteiger partial charge in [0.05, 0.1) is 43.0 Å². The molecule has 0 saturated heterocycles. The Bertz CT molecular complexity index is 1880. The predicted octanol–water partition coefficient (Wildman–Crippen LogP) is 15.7. The van der Waals surface area contributed by atoms with Gasteiger partial charge in [-0.25, -0.2) is 4.79 Å². The van der Waals surface area contributed by atoms with Gasteiger partial charge in [0.15, 0.2) is 11.3 Å². The van der Waals surface area contributed by atoms with E-state index < -0.39 is 5.97 Å². The van der Waals surface area contributed by atoms with Gasteiger partial charge in [0.2, 0.25) is 5.43 Å². The van der Waals surface area contributed by atoms with Crippen molar-refractivity contribution < 1.29 is 19.1 Å². The molecule has 1 heterocycles. The van der Waals surface area contributed by atoms with Crippen molar-refractivity contribution >= 4 is 154 Å². The second-order valence-electron chi connectivity index (χ2n) is 12.7. The molecule has 5 nitrogen and oxygen atoms in total. The molecule has 0 aromatic heterocycles. The molecular formula is C38H40Cl4I4O5. The van der Waals surface area contributed by atoms with Gasteiger partial charge in [-0.15, -0.1) is 0 Å². The third-order valence-electron chi connectivity index (χ3n) is 8.98. The maximum absolute atomic E-state index is 13.9. The molecule has 1 aliphatic carbocycles. The maximum atomic E-state index is 13.9. The summed E-state index contributed by atoms with van der Waals surface area (Å²) in [6.07, 6.45) is 20.0. The molecule has 0 spiro atoms. The van der Waals surface area contributed by atoms with Gasteiger partial charge in [0.1, 0.15) is 9.32 Å². The Balaban J connectivity index is 1.47. The summed E-state index contributed by atoms with van der Waals surface area (Å²) in [7, 11) is 0. The first-order valence-corrected chi connectivity index (χ1v) is 23.2. The van der Waals surface area contributed by atoms with Crippen LogP contribution in [0.2, 0.25) is 20.1 Å². The molecule has 2 aromatic rings. The molecule has 2 aliphatic rings. The van der Waals surface area contributed by atoms with Crippen LogP contribution in [0.3, 0.4) is 0 Å². The summed E-state index contributed by atoms with van der Waals surface area (Å²) in [5.74, 6) is -0.392. The molecule has 0 unspecified atom stereocenters. The minimum Gasteiger partial charge on any atom is -0.506 e. The van der Waals surface area contributed by atoms with Gasteiger partial charge in [-0.3, -0.25) is 4.79 Å². The van der Waals surface area contributed by atoms with Gasteiger partial charge >= 0.3 is 5.97 Å². The number of ether oxygens (including phenoxy) is 1. The van der Waals surface area contributed by atoms with E-state index in [2.05, 4.69) is 6.92 Å². The standard InChI is InChI=1S/C38H40Cl4I4O5/c1-2-3-4-5-6-7-8-9-10-11-12-13-14-15-16-17-18-50-38(49)27-26(28(39)30(41)31(42)29(27)40)25-21-19-23(43)34(47)32(45)36(21)51-37-22(25)20-24(44)35(48)33(37)46/h19-20,47H,2-18H2,1H3. The summed E-state index contributed by atoms with van der Waals surface area (Å²) in [5.41, 5.74) is 1.24. The van der Waals surface area contributed by atoms with Gasteiger partial charge in [-0.1, -0.05) is 150 Å². The number of phenolic OH excluding ortho intramolecular Hbond substituents is 1. The van der Waals surface area contributed by atoms with Crippen LogP contribution < -0.4 is 5.43 Å². The Labute approximate surface area is 374 Å². The molecule has 0 saturated carbocycles. The van der Waals surface area contributed by atoms with Crippen LogP contribution >= 0.6 is 137 Å². The average molecular weight is 1230 g/mol. The first-order valence-electron chi connectivity index (χ1n) is 17.4. The van der Waals surface area contributed by atoms with E-state index >= 15 is 0 Å². The van der Waals surface area contributed by atoms with Crippen molar-refractivity contribution in [3.63, 3.8) is 0 Å². The zero-order valence-corrected chi connectivity index (χ0v) is 39.9. The monoisotopic (exact) mass is 1220 g/mol. The minimum atomic E-state index is -0.688. The number of rotatable bonds is 19. The first-order chi connectivity index (χ1) is 24.4. The maximum Gasteiger partial charge on any atom is 0.340 e. The number of carbonyl (C=O) groups excluding carboxylic acids is 1. The van der Waals surface area contributed by atoms with Crippen LogP contribution in [0.25, 0.3) is 33.4 Å². The third-order valence-corrected chi connectivity index (χ3v) is 14.4. The lowest BCUT2D eigenvalue weighted by Gasteiger charge is -2.22. The summed E-state index contributed by atoms with van der Waals surface area (Å²) >= 11 is 34.8. The van der Waals surface area contributed by atoms with Crippen LogP contribution in [0.5, 0.6) is 5.75 Å². The predicted molar refractivity (Wildman–Crippen MR) is 247 cm³/mol. The highest BCUT2D eigenvalue weighted by molar-refractivity contribution is 14.1. The highest BCUT2D eigenvalue weighted by atomic mass is 127. The Morgan fingerprint density at radius 1 is 0.686 bits per heavy atom. The van der Waals surface area contributed by atoms with Crippen molar-refractivity contribution in [1.82, 2.24) is 0 Å². The van der Waals surface area contributed by atoms with Crippen LogP contribution in [0.1, 0.15) is 120 Å². The number of hydrogen-bond acceptors (Lipinski definition) is 5. The van der Waals surface area contributed by atoms with Crippen LogP contribution in [0.15, 0.2) is 21.3 Å². The summed E-state index contributed by atoms with van der Waals surface area (Å²) in [4.78, 5) is 26.9. The second-order valence-corrected chi connectivity index (χ2v) is 18.7. The van der Waals surface area contributed by atoms with Crippen LogP contribution in [-0.4, -0.2) is 17.7 Å². The molecule has 0 bridgehead atoms. The van der Waals surface area contributed by atoms with E-state index in [1.165, 1.54) is 83.5 Å². The van der Waals surface area contributed by atoms with Crippen LogP contribution in [0.4, 0.5) is 0 Å². The summed E-state index contributed by atoms with van der Waals surface area (Å²) in [6.45, 7) is 2.47. The quantitative estimate of drug-likeness (QED) is 0.0253. The molecule has 0 atom stereocenters. The molecule has 2 aromatic carbocycles. The summed E-state index contributed by atoms with van der Waals surface area (Å²) in [5, 5.41) is 11.2. The largest absolute Gasteiger partial charge is 0.506 e. The second kappa shape index (κ2) is 21.7. The number of halogens is 8. The number of phenols is 1. The molecule has 0 radical (unpaired) electrons. The number of aromatic hydroxyl groups is 1. The molecular weight excluding hydrogens is 1190 g/mol. The SMILES string of the molecule is CCCCCCCCCCCCCCCCCCOC(=O)c1c(Cl)c(Cl)c(Cl)c(Cl)c1-c1c2cc(I)c(=O)c(I)c-2oc2c(I)c(O)c(I)cc12. The smallest absolute Gasteiger partial charge is 0.340 e. The van der Waals surface area contributed by atoms with Gasteiger partial charge in [-0.05, 0) is 109 Å². The van der Waals surface area contributed by atoms with Gasteiger partial charge in [0.25, 0.3) is 0 Å². The minimum absolute atomic E-state index is 0.00327. The topological polar surface area (TPSA) is 76.7 Å². The zero-order chi connectivity index (χ0) is 37.2. The molecule has 13 heteroatoms. The van der Waals surface area contributed by atoms with E-state index in [0.717, 1.165) is 12.8 Å². The van der Waals surface area contributed by atoms with E-state index in [4.69, 9.17) is 55.6 Å². The number of unbranched alkanes of at least 4 members (excludes halogenated alkanes) is 15. The number of carbonyl (C=O) groups is 1. The molecule has 1 N–H and O–H groups in total. The summed E-state index contributed by atoms with van der Waals surface area (Å²) in [6, 6.07) is 3.42. The van der Waals surface area contributed by atoms with Crippen molar-refractivity contribution in [2.75, 3.05) is 6.61 Å². The highest BCUT2D eigenvalue weighted by Gasteiger charge is 2.33. The Kier molecular flexibility index (Phi) is 18.8. The van der Waals surface area contributed by atoms with Crippen molar-refractivity contribution in [2.24, 2.45) is 0 Å². The van der Waals surface area contributed by atoms with Gasteiger partial charge < -0.3 is 14.3 Å². The van der Waals surface area contributed by atoms with Crippen LogP contribution in [-0.2, 0) is 4.74 Å². The fourth-order valence-electron chi connectivity index (χ4n) is 6.21. The van der Waals surface area contributed by atoms with E-state index in [0.29, 0.717) is 42.8 Å². The third kappa shape index (κ3) is 11.1. The first kappa shape index (κ1) is 44.2. The van der Waals surface area contributed by atoms with E-state index in [-0.39, 0.29) is 54.8 Å². The van der Waals surface area contributed by atoms with E-state index in [1.54, 1.807) is 12.1 Å². The lowest BCUT2D eigenvalue weighted by Crippen LogP contribution is -2.14. The fourth-order valence-corrected chi connectivity index (χ4v) is 10.8. The highest BCUT2D eigenvalue weighted by Crippen LogP contribution is 2.52. The number of benzene rings is 3. The van der Waals surface area contributed by atoms with E-state index in [9.17, 15) is 14.7 Å². The van der Waals surface area contributed by atoms with Crippen molar-refractivity contribution in [1.29, 1.82) is 0 Å². The van der Waals surface area contributed by atoms with E-state index in [1.807, 2.05) is 90.4 Å². The number of hydrogen-bond donors (Lipinski definition) is 1. The normalized spacial score (nSPS) is 11.6. The van der Waals surface area contributed by atoms with Crippen molar-refractivity contribution in [3.8, 4) is 28.2 Å². The molecule has 0 amide bonds. The molecule has 0 fully saturated rings. The van der Waals surface area contributed by atoms with Crippen LogP contribution in [0, 0.1) is 14.3 Å². The average Bonchev–Trinajstić information content (AvgIpc) is 3.11. The van der Waals surface area contributed by atoms with Gasteiger partial charge in [0, 0.05) is 22.1 Å². The molecule has 4 rings (SSSR count). The summed E-state index contributed by atoms with van der Waals surface area (Å²) < 4.78 is 13.8. The lowest BCUT2D eigenvalue weighted by molar-refractivity contribution is 0.0498. The Morgan fingerprint density at radius 3 is 1.75 bits per heavy atom. The molecule has 278 valence electrons. The number of esters is 1. The van der Waals surface area contributed by atoms with Gasteiger partial charge in [-0.2, -0.15) is 0 Å².